The number of nitrogens with zero attached hydrogens (tertiary/aromatic N) is 2. The zero-order chi connectivity index (χ0) is 26.5. The van der Waals surface area contributed by atoms with Gasteiger partial charge < -0.3 is 16.0 Å². The van der Waals surface area contributed by atoms with Gasteiger partial charge in [-0.2, -0.15) is 5.26 Å². The first-order chi connectivity index (χ1) is 17.7. The number of nitrogens with one attached hydrogen (secondary N) is 1. The summed E-state index contributed by atoms with van der Waals surface area (Å²) in [6.45, 7) is 0.133. The Morgan fingerprint density at radius 2 is 1.68 bits per heavy atom. The molecule has 2 atom stereocenters. The summed E-state index contributed by atoms with van der Waals surface area (Å²) in [6.07, 6.45) is 3.45. The van der Waals surface area contributed by atoms with Crippen LogP contribution in [0.4, 0.5) is 14.5 Å². The second kappa shape index (κ2) is 11.5. The molecule has 3 N–H and O–H groups in total. The Bertz CT molecular complexity index is 1340. The van der Waals surface area contributed by atoms with Crippen molar-refractivity contribution in [1.82, 2.24) is 4.90 Å². The number of carbonyl (C=O) groups is 2. The average molecular weight is 523 g/mol. The molecular weight excluding hydrogens is 498 g/mol. The largest absolute Gasteiger partial charge is 0.330 e. The number of carbonyl (C=O) groups excluding carboxylic acids is 2. The molecule has 0 aliphatic heterocycles. The van der Waals surface area contributed by atoms with Crippen LogP contribution in [0, 0.1) is 23.0 Å². The van der Waals surface area contributed by atoms with Gasteiger partial charge in [0.1, 0.15) is 11.6 Å². The van der Waals surface area contributed by atoms with E-state index in [1.807, 2.05) is 6.07 Å². The Labute approximate surface area is 218 Å². The van der Waals surface area contributed by atoms with Crippen LogP contribution in [0.5, 0.6) is 0 Å². The topological polar surface area (TPSA) is 99.2 Å². The normalized spacial score (nSPS) is 17.1. The van der Waals surface area contributed by atoms with Gasteiger partial charge in [0.05, 0.1) is 11.6 Å². The zero-order valence-electron chi connectivity index (χ0n) is 19.9. The Balaban J connectivity index is 1.62. The number of anilines is 1. The maximum Gasteiger partial charge on any atom is 0.255 e. The van der Waals surface area contributed by atoms with E-state index in [1.54, 1.807) is 47.4 Å². The van der Waals surface area contributed by atoms with Crippen LogP contribution in [0.15, 0.2) is 60.7 Å². The molecule has 4 rings (SSSR count). The van der Waals surface area contributed by atoms with Gasteiger partial charge in [-0.1, -0.05) is 24.4 Å². The third-order valence-corrected chi connectivity index (χ3v) is 6.84. The Morgan fingerprint density at radius 3 is 2.32 bits per heavy atom. The standard InChI is InChI=1S/C28H25ClF2N4O2/c29-24-10-9-23(34-27(36)19-11-21(30)14-22(31)12-19)13-20(24)16-35(26-4-2-1-3-25(26)33)28(37)18-7-5-17(15-32)6-8-18/h5-14,25-26H,1-4,16,33H2,(H,34,36). The molecule has 6 nitrogen and oxygen atoms in total. The lowest BCUT2D eigenvalue weighted by atomic mass is 9.89. The lowest BCUT2D eigenvalue weighted by molar-refractivity contribution is 0.0583. The quantitative estimate of drug-likeness (QED) is 0.436. The lowest BCUT2D eigenvalue weighted by Gasteiger charge is -2.38. The molecule has 3 aromatic rings. The third-order valence-electron chi connectivity index (χ3n) is 6.47. The van der Waals surface area contributed by atoms with Crippen LogP contribution in [0.2, 0.25) is 5.02 Å². The molecule has 0 spiro atoms. The van der Waals surface area contributed by atoms with Crippen LogP contribution in [0.25, 0.3) is 0 Å². The predicted molar refractivity (Wildman–Crippen MR) is 137 cm³/mol. The van der Waals surface area contributed by atoms with E-state index in [0.717, 1.165) is 37.8 Å². The van der Waals surface area contributed by atoms with Crippen molar-refractivity contribution in [3.05, 3.63) is 99.6 Å². The van der Waals surface area contributed by atoms with E-state index in [1.165, 1.54) is 0 Å². The molecular formula is C28H25ClF2N4O2. The summed E-state index contributed by atoms with van der Waals surface area (Å²) in [5.41, 5.74) is 8.06. The van der Waals surface area contributed by atoms with Crippen molar-refractivity contribution < 1.29 is 18.4 Å². The highest BCUT2D eigenvalue weighted by Gasteiger charge is 2.32. The fourth-order valence-corrected chi connectivity index (χ4v) is 4.74. The van der Waals surface area contributed by atoms with Crippen LogP contribution in [-0.2, 0) is 6.54 Å². The lowest BCUT2D eigenvalue weighted by Crippen LogP contribution is -2.51. The summed E-state index contributed by atoms with van der Waals surface area (Å²) >= 11 is 6.48. The number of hydrogen-bond acceptors (Lipinski definition) is 4. The van der Waals surface area contributed by atoms with Crippen molar-refractivity contribution in [2.45, 2.75) is 44.3 Å². The van der Waals surface area contributed by atoms with Crippen molar-refractivity contribution in [1.29, 1.82) is 5.26 Å². The minimum absolute atomic E-state index is 0.133. The van der Waals surface area contributed by atoms with Crippen LogP contribution in [0.3, 0.4) is 0 Å². The van der Waals surface area contributed by atoms with E-state index in [0.29, 0.717) is 33.5 Å². The van der Waals surface area contributed by atoms with Crippen molar-refractivity contribution >= 4 is 29.1 Å². The monoisotopic (exact) mass is 522 g/mol. The molecule has 1 fully saturated rings. The Hall–Kier alpha value is -3.80. The van der Waals surface area contributed by atoms with Crippen LogP contribution < -0.4 is 11.1 Å². The number of rotatable bonds is 6. The number of amides is 2. The van der Waals surface area contributed by atoms with Crippen molar-refractivity contribution in [2.24, 2.45) is 5.73 Å². The predicted octanol–water partition coefficient (Wildman–Crippen LogP) is 5.65. The van der Waals surface area contributed by atoms with Gasteiger partial charge in [0.2, 0.25) is 0 Å². The zero-order valence-corrected chi connectivity index (χ0v) is 20.6. The van der Waals surface area contributed by atoms with E-state index in [2.05, 4.69) is 5.32 Å². The van der Waals surface area contributed by atoms with E-state index in [9.17, 15) is 18.4 Å². The van der Waals surface area contributed by atoms with Crippen LogP contribution in [0.1, 0.15) is 57.5 Å². The molecule has 2 unspecified atom stereocenters. The van der Waals surface area contributed by atoms with Gasteiger partial charge in [-0.25, -0.2) is 8.78 Å². The Morgan fingerprint density at radius 1 is 1.00 bits per heavy atom. The summed E-state index contributed by atoms with van der Waals surface area (Å²) in [5, 5.41) is 12.1. The van der Waals surface area contributed by atoms with Gasteiger partial charge in [0.15, 0.2) is 0 Å². The highest BCUT2D eigenvalue weighted by molar-refractivity contribution is 6.31. The molecule has 1 aliphatic rings. The molecule has 3 aromatic carbocycles. The van der Waals surface area contributed by atoms with E-state index in [4.69, 9.17) is 22.6 Å². The number of halogens is 3. The molecule has 9 heteroatoms. The fourth-order valence-electron chi connectivity index (χ4n) is 4.57. The molecule has 2 amide bonds. The second-order valence-electron chi connectivity index (χ2n) is 9.06. The molecule has 0 aromatic heterocycles. The molecule has 1 saturated carbocycles. The summed E-state index contributed by atoms with van der Waals surface area (Å²) in [6, 6.07) is 15.4. The first-order valence-corrected chi connectivity index (χ1v) is 12.3. The Kier molecular flexibility index (Phi) is 8.17. The smallest absolute Gasteiger partial charge is 0.255 e. The van der Waals surface area contributed by atoms with Crippen molar-refractivity contribution in [3.63, 3.8) is 0 Å². The van der Waals surface area contributed by atoms with Gasteiger partial charge in [-0.15, -0.1) is 0 Å². The first kappa shape index (κ1) is 26.3. The second-order valence-corrected chi connectivity index (χ2v) is 9.46. The SMILES string of the molecule is N#Cc1ccc(C(=O)N(Cc2cc(NC(=O)c3cc(F)cc(F)c3)ccc2Cl)C2CCCCC2N)cc1. The number of nitrogens with two attached hydrogens (primary N) is 1. The van der Waals surface area contributed by atoms with E-state index in [-0.39, 0.29) is 30.1 Å². The van der Waals surface area contributed by atoms with Crippen LogP contribution >= 0.6 is 11.6 Å². The number of nitriles is 1. The van der Waals surface area contributed by atoms with E-state index < -0.39 is 17.5 Å². The number of benzene rings is 3. The van der Waals surface area contributed by atoms with Gasteiger partial charge in [0.25, 0.3) is 11.8 Å². The van der Waals surface area contributed by atoms with Gasteiger partial charge in [-0.05, 0) is 73.0 Å². The van der Waals surface area contributed by atoms with Gasteiger partial charge in [-0.3, -0.25) is 9.59 Å². The minimum atomic E-state index is -0.859. The number of hydrogen-bond donors (Lipinski definition) is 2. The van der Waals surface area contributed by atoms with E-state index >= 15 is 0 Å². The van der Waals surface area contributed by atoms with Crippen LogP contribution in [-0.4, -0.2) is 28.8 Å². The summed E-state index contributed by atoms with van der Waals surface area (Å²) in [7, 11) is 0. The highest BCUT2D eigenvalue weighted by atomic mass is 35.5. The molecule has 0 heterocycles. The van der Waals surface area contributed by atoms with Crippen molar-refractivity contribution in [3.8, 4) is 6.07 Å². The summed E-state index contributed by atoms with van der Waals surface area (Å²) < 4.78 is 27.1. The maximum atomic E-state index is 13.6. The maximum absolute atomic E-state index is 13.6. The molecule has 0 radical (unpaired) electrons. The minimum Gasteiger partial charge on any atom is -0.330 e. The molecule has 0 saturated heterocycles. The molecule has 1 aliphatic carbocycles. The molecule has 0 bridgehead atoms. The third kappa shape index (κ3) is 6.31. The van der Waals surface area contributed by atoms with Gasteiger partial charge in [0, 0.05) is 46.5 Å². The fraction of sp³-hybridized carbons (Fsp3) is 0.250. The average Bonchev–Trinajstić information content (AvgIpc) is 2.88. The van der Waals surface area contributed by atoms with Gasteiger partial charge >= 0.3 is 0 Å². The first-order valence-electron chi connectivity index (χ1n) is 11.9. The molecule has 37 heavy (non-hydrogen) atoms. The summed E-state index contributed by atoms with van der Waals surface area (Å²) in [4.78, 5) is 27.9. The highest BCUT2D eigenvalue weighted by Crippen LogP contribution is 2.29. The summed E-state index contributed by atoms with van der Waals surface area (Å²) in [5.74, 6) is -2.65. The van der Waals surface area contributed by atoms with Crippen molar-refractivity contribution in [2.75, 3.05) is 5.32 Å². The molecule has 190 valence electrons.